The highest BCUT2D eigenvalue weighted by atomic mass is 32.1. The predicted octanol–water partition coefficient (Wildman–Crippen LogP) is 3.55. The average molecular weight is 520 g/mol. The van der Waals surface area contributed by atoms with Crippen LogP contribution in [0.4, 0.5) is 5.82 Å². The van der Waals surface area contributed by atoms with Crippen LogP contribution in [0.25, 0.3) is 27.5 Å². The van der Waals surface area contributed by atoms with E-state index in [1.807, 2.05) is 46.8 Å². The maximum atomic E-state index is 13.3. The molecule has 2 atom stereocenters. The van der Waals surface area contributed by atoms with Crippen LogP contribution in [0, 0.1) is 0 Å². The second kappa shape index (κ2) is 11.0. The molecule has 4 aromatic heterocycles. The normalized spacial score (nSPS) is 16.6. The van der Waals surface area contributed by atoms with Crippen molar-refractivity contribution in [3.63, 3.8) is 0 Å². The van der Waals surface area contributed by atoms with E-state index < -0.39 is 6.10 Å². The van der Waals surface area contributed by atoms with Crippen molar-refractivity contribution in [2.75, 3.05) is 37.6 Å². The van der Waals surface area contributed by atoms with Crippen molar-refractivity contribution in [3.8, 4) is 21.8 Å². The van der Waals surface area contributed by atoms with E-state index in [4.69, 9.17) is 9.97 Å². The van der Waals surface area contributed by atoms with Gasteiger partial charge in [0.15, 0.2) is 5.65 Å². The molecule has 194 valence electrons. The Morgan fingerprint density at radius 1 is 1.24 bits per heavy atom. The Bertz CT molecular complexity index is 1370. The van der Waals surface area contributed by atoms with Crippen LogP contribution < -0.4 is 10.2 Å². The maximum Gasteiger partial charge on any atom is 0.251 e. The first-order valence-electron chi connectivity index (χ1n) is 12.8. The molecule has 1 aliphatic heterocycles. The number of fused-ring (bicyclic) bond motifs is 1. The van der Waals surface area contributed by atoms with E-state index in [0.717, 1.165) is 29.2 Å². The lowest BCUT2D eigenvalue weighted by molar-refractivity contribution is 0.0938. The molecule has 1 saturated heterocycles. The highest BCUT2D eigenvalue weighted by Gasteiger charge is 2.24. The van der Waals surface area contributed by atoms with Gasteiger partial charge in [0.1, 0.15) is 5.82 Å². The van der Waals surface area contributed by atoms with Crippen LogP contribution in [0.1, 0.15) is 37.6 Å². The molecular weight excluding hydrogens is 486 g/mol. The van der Waals surface area contributed by atoms with Gasteiger partial charge in [-0.15, -0.1) is 11.3 Å². The predicted molar refractivity (Wildman–Crippen MR) is 147 cm³/mol. The number of nitrogens with zero attached hydrogens (tertiary/aromatic N) is 6. The van der Waals surface area contributed by atoms with Gasteiger partial charge in [0.05, 0.1) is 34.1 Å². The standard InChI is InChI=1S/C27H33N7O2S/c1-4-32(5-2)18(3)15-28-27(36)19-13-23(30-25(14-19)33-10-8-20(35)17-33)21-16-29-34-11-9-22(31-26(21)34)24-7-6-12-37-24/h6-7,9,11-14,16,18,20,35H,4-5,8,10,15,17H2,1-3H3,(H,28,36)/t18?,20-/m1/s1. The van der Waals surface area contributed by atoms with Crippen LogP contribution in [0.3, 0.4) is 0 Å². The zero-order valence-corrected chi connectivity index (χ0v) is 22.3. The quantitative estimate of drug-likeness (QED) is 0.349. The second-order valence-corrected chi connectivity index (χ2v) is 10.3. The number of nitrogens with one attached hydrogen (secondary N) is 1. The number of carbonyl (C=O) groups excluding carboxylic acids is 1. The van der Waals surface area contributed by atoms with Gasteiger partial charge >= 0.3 is 0 Å². The average Bonchev–Trinajstić information content (AvgIpc) is 3.68. The Morgan fingerprint density at radius 3 is 2.78 bits per heavy atom. The summed E-state index contributed by atoms with van der Waals surface area (Å²) in [4.78, 5) is 28.5. The van der Waals surface area contributed by atoms with E-state index >= 15 is 0 Å². The molecule has 0 aliphatic carbocycles. The van der Waals surface area contributed by atoms with E-state index in [9.17, 15) is 9.90 Å². The molecule has 1 aliphatic rings. The van der Waals surface area contributed by atoms with Crippen LogP contribution in [-0.4, -0.2) is 80.4 Å². The van der Waals surface area contributed by atoms with Crippen LogP contribution in [0.2, 0.25) is 0 Å². The molecule has 0 bridgehead atoms. The molecule has 9 nitrogen and oxygen atoms in total. The summed E-state index contributed by atoms with van der Waals surface area (Å²) in [5, 5.41) is 19.7. The number of rotatable bonds is 9. The molecule has 2 N–H and O–H groups in total. The topological polar surface area (TPSA) is 98.9 Å². The van der Waals surface area contributed by atoms with E-state index in [2.05, 4.69) is 36.1 Å². The Morgan fingerprint density at radius 2 is 2.08 bits per heavy atom. The van der Waals surface area contributed by atoms with Gasteiger partial charge in [-0.05, 0) is 56.1 Å². The molecule has 5 rings (SSSR count). The lowest BCUT2D eigenvalue weighted by Gasteiger charge is -2.26. The minimum Gasteiger partial charge on any atom is -0.391 e. The third-order valence-electron chi connectivity index (χ3n) is 6.97. The Hall–Kier alpha value is -3.34. The zero-order chi connectivity index (χ0) is 25.9. The molecule has 10 heteroatoms. The molecule has 1 amide bonds. The van der Waals surface area contributed by atoms with Gasteiger partial charge < -0.3 is 15.3 Å². The molecule has 1 unspecified atom stereocenters. The van der Waals surface area contributed by atoms with Gasteiger partial charge in [0.25, 0.3) is 5.91 Å². The first kappa shape index (κ1) is 25.3. The molecular formula is C27H33N7O2S. The fourth-order valence-electron chi connectivity index (χ4n) is 4.83. The van der Waals surface area contributed by atoms with E-state index in [-0.39, 0.29) is 11.9 Å². The van der Waals surface area contributed by atoms with Crippen LogP contribution >= 0.6 is 11.3 Å². The number of β-amino-alcohol motifs (C(OH)–C–C–N with tert-alkyl or cyclic N) is 1. The first-order chi connectivity index (χ1) is 18.0. The number of aliphatic hydroxyl groups excluding tert-OH is 1. The Kier molecular flexibility index (Phi) is 7.50. The van der Waals surface area contributed by atoms with Gasteiger partial charge in [-0.2, -0.15) is 5.10 Å². The van der Waals surface area contributed by atoms with E-state index in [0.29, 0.717) is 48.8 Å². The first-order valence-corrected chi connectivity index (χ1v) is 13.7. The van der Waals surface area contributed by atoms with Gasteiger partial charge in [-0.3, -0.25) is 9.69 Å². The molecule has 5 heterocycles. The highest BCUT2D eigenvalue weighted by Crippen LogP contribution is 2.30. The maximum absolute atomic E-state index is 13.3. The SMILES string of the molecule is CCN(CC)C(C)CNC(=O)c1cc(-c2cnn3ccc(-c4cccs4)nc23)nc(N2CC[C@@H](O)C2)c1. The lowest BCUT2D eigenvalue weighted by atomic mass is 10.1. The third-order valence-corrected chi connectivity index (χ3v) is 7.87. The van der Waals surface area contributed by atoms with E-state index in [1.165, 1.54) is 0 Å². The van der Waals surface area contributed by atoms with Crippen molar-refractivity contribution in [2.45, 2.75) is 39.3 Å². The largest absolute Gasteiger partial charge is 0.391 e. The Balaban J connectivity index is 1.51. The number of likely N-dealkylation sites (N-methyl/N-ethyl adjacent to an activating group) is 1. The summed E-state index contributed by atoms with van der Waals surface area (Å²) < 4.78 is 1.73. The molecule has 0 aromatic carbocycles. The summed E-state index contributed by atoms with van der Waals surface area (Å²) in [5.41, 5.74) is 3.46. The zero-order valence-electron chi connectivity index (χ0n) is 21.5. The summed E-state index contributed by atoms with van der Waals surface area (Å²) in [6.07, 6.45) is 3.92. The molecule has 0 saturated carbocycles. The van der Waals surface area contributed by atoms with E-state index in [1.54, 1.807) is 22.0 Å². The third kappa shape index (κ3) is 5.36. The summed E-state index contributed by atoms with van der Waals surface area (Å²) in [6.45, 7) is 9.98. The van der Waals surface area contributed by atoms with Gasteiger partial charge in [-0.1, -0.05) is 19.9 Å². The number of aliphatic hydroxyl groups is 1. The molecule has 0 radical (unpaired) electrons. The number of hydrogen-bond acceptors (Lipinski definition) is 8. The van der Waals surface area contributed by atoms with Crippen molar-refractivity contribution < 1.29 is 9.90 Å². The summed E-state index contributed by atoms with van der Waals surface area (Å²) in [7, 11) is 0. The van der Waals surface area contributed by atoms with Crippen molar-refractivity contribution in [3.05, 3.63) is 53.7 Å². The van der Waals surface area contributed by atoms with Gasteiger partial charge in [0.2, 0.25) is 0 Å². The highest BCUT2D eigenvalue weighted by molar-refractivity contribution is 7.13. The monoisotopic (exact) mass is 519 g/mol. The fraction of sp³-hybridized carbons (Fsp3) is 0.407. The van der Waals surface area contributed by atoms with Crippen LogP contribution in [0.5, 0.6) is 0 Å². The fourth-order valence-corrected chi connectivity index (χ4v) is 5.52. The minimum absolute atomic E-state index is 0.146. The van der Waals surface area contributed by atoms with Crippen molar-refractivity contribution >= 4 is 28.7 Å². The van der Waals surface area contributed by atoms with Crippen molar-refractivity contribution in [2.24, 2.45) is 0 Å². The number of hydrogen-bond donors (Lipinski definition) is 2. The minimum atomic E-state index is -0.398. The summed E-state index contributed by atoms with van der Waals surface area (Å²) in [5.74, 6) is 0.525. The molecule has 37 heavy (non-hydrogen) atoms. The van der Waals surface area contributed by atoms with Crippen LogP contribution in [0.15, 0.2) is 48.1 Å². The number of amides is 1. The smallest absolute Gasteiger partial charge is 0.251 e. The number of anilines is 1. The molecule has 0 spiro atoms. The number of thiophene rings is 1. The lowest BCUT2D eigenvalue weighted by Crippen LogP contribution is -2.42. The second-order valence-electron chi connectivity index (χ2n) is 9.38. The van der Waals surface area contributed by atoms with Crippen molar-refractivity contribution in [1.29, 1.82) is 0 Å². The number of pyridine rings is 1. The number of aromatic nitrogens is 4. The van der Waals surface area contributed by atoms with Crippen molar-refractivity contribution in [1.82, 2.24) is 29.8 Å². The van der Waals surface area contributed by atoms with Gasteiger partial charge in [-0.25, -0.2) is 14.5 Å². The van der Waals surface area contributed by atoms with Gasteiger partial charge in [0, 0.05) is 37.4 Å². The molecule has 1 fully saturated rings. The van der Waals surface area contributed by atoms with Crippen LogP contribution in [-0.2, 0) is 0 Å². The molecule has 4 aromatic rings. The number of carbonyl (C=O) groups is 1. The summed E-state index contributed by atoms with van der Waals surface area (Å²) >= 11 is 1.63. The summed E-state index contributed by atoms with van der Waals surface area (Å²) in [6, 6.07) is 9.84. The Labute approximate surface area is 220 Å².